The maximum Gasteiger partial charge on any atom is 0.276 e. The Kier molecular flexibility index (Phi) is 4.13. The Morgan fingerprint density at radius 2 is 2.06 bits per heavy atom. The highest BCUT2D eigenvalue weighted by Gasteiger charge is 2.09. The van der Waals surface area contributed by atoms with Gasteiger partial charge in [-0.05, 0) is 65.4 Å². The molecule has 0 aliphatic carbocycles. The smallest absolute Gasteiger partial charge is 0.276 e. The van der Waals surface area contributed by atoms with Crippen LogP contribution in [0.25, 0.3) is 0 Å². The zero-order chi connectivity index (χ0) is 13.1. The van der Waals surface area contributed by atoms with E-state index in [1.807, 2.05) is 25.1 Å². The van der Waals surface area contributed by atoms with Gasteiger partial charge in [0.1, 0.15) is 0 Å². The molecule has 1 amide bonds. The predicted molar refractivity (Wildman–Crippen MR) is 78.9 cm³/mol. The van der Waals surface area contributed by atoms with Gasteiger partial charge < -0.3 is 5.32 Å². The van der Waals surface area contributed by atoms with Crippen LogP contribution in [0.5, 0.6) is 0 Å². The highest BCUT2D eigenvalue weighted by molar-refractivity contribution is 14.1. The molecule has 2 rings (SSSR count). The van der Waals surface area contributed by atoms with Gasteiger partial charge in [0, 0.05) is 9.26 Å². The minimum atomic E-state index is -0.302. The highest BCUT2D eigenvalue weighted by atomic mass is 127. The summed E-state index contributed by atoms with van der Waals surface area (Å²) in [6.45, 7) is 1.94. The van der Waals surface area contributed by atoms with Gasteiger partial charge in [-0.2, -0.15) is 0 Å². The normalized spacial score (nSPS) is 10.2. The summed E-state index contributed by atoms with van der Waals surface area (Å²) in [6.07, 6.45) is 0. The molecular formula is C12H9ClIN3O. The minimum Gasteiger partial charge on any atom is -0.320 e. The third-order valence-corrected chi connectivity index (χ3v) is 3.17. The van der Waals surface area contributed by atoms with Crippen molar-refractivity contribution in [1.29, 1.82) is 0 Å². The van der Waals surface area contributed by atoms with Gasteiger partial charge in [0.05, 0.1) is 0 Å². The van der Waals surface area contributed by atoms with Gasteiger partial charge in [-0.1, -0.05) is 11.6 Å². The van der Waals surface area contributed by atoms with Crippen LogP contribution in [0.1, 0.15) is 16.1 Å². The molecule has 1 heterocycles. The van der Waals surface area contributed by atoms with Crippen molar-refractivity contribution in [2.75, 3.05) is 5.32 Å². The van der Waals surface area contributed by atoms with Gasteiger partial charge in [0.15, 0.2) is 10.8 Å². The number of carbonyl (C=O) groups is 1. The molecule has 0 unspecified atom stereocenters. The van der Waals surface area contributed by atoms with E-state index in [1.54, 1.807) is 0 Å². The summed E-state index contributed by atoms with van der Waals surface area (Å²) < 4.78 is 1.12. The minimum absolute atomic E-state index is 0.234. The van der Waals surface area contributed by atoms with Gasteiger partial charge in [0.25, 0.3) is 5.91 Å². The van der Waals surface area contributed by atoms with Crippen LogP contribution in [0.2, 0.25) is 5.15 Å². The number of halogens is 2. The van der Waals surface area contributed by atoms with Crippen molar-refractivity contribution in [2.45, 2.75) is 6.92 Å². The lowest BCUT2D eigenvalue weighted by atomic mass is 10.2. The summed E-state index contributed by atoms with van der Waals surface area (Å²) in [4.78, 5) is 11.9. The number of nitrogens with zero attached hydrogens (tertiary/aromatic N) is 2. The SMILES string of the molecule is Cc1cc(I)ccc1NC(=O)c1ccc(Cl)nn1. The maximum atomic E-state index is 11.9. The number of benzene rings is 1. The second kappa shape index (κ2) is 5.62. The van der Waals surface area contributed by atoms with Crippen LogP contribution in [0.15, 0.2) is 30.3 Å². The molecule has 0 spiro atoms. The Morgan fingerprint density at radius 3 is 2.67 bits per heavy atom. The number of aromatic nitrogens is 2. The Labute approximate surface area is 123 Å². The third-order valence-electron chi connectivity index (χ3n) is 2.30. The first-order valence-electron chi connectivity index (χ1n) is 5.13. The Bertz CT molecular complexity index is 586. The summed E-state index contributed by atoms with van der Waals surface area (Å²) >= 11 is 7.83. The van der Waals surface area contributed by atoms with Crippen molar-refractivity contribution in [3.05, 3.63) is 50.3 Å². The number of amides is 1. The van der Waals surface area contributed by atoms with E-state index in [9.17, 15) is 4.79 Å². The molecule has 0 aliphatic heterocycles. The fourth-order valence-electron chi connectivity index (χ4n) is 1.39. The zero-order valence-corrected chi connectivity index (χ0v) is 12.4. The largest absolute Gasteiger partial charge is 0.320 e. The average Bonchev–Trinajstić information content (AvgIpc) is 2.33. The number of anilines is 1. The number of hydrogen-bond donors (Lipinski definition) is 1. The molecule has 0 saturated carbocycles. The third kappa shape index (κ3) is 3.17. The van der Waals surface area contributed by atoms with Crippen molar-refractivity contribution < 1.29 is 4.79 Å². The second-order valence-electron chi connectivity index (χ2n) is 3.65. The summed E-state index contributed by atoms with van der Waals surface area (Å²) in [5.74, 6) is -0.302. The number of aryl methyl sites for hydroxylation is 1. The first kappa shape index (κ1) is 13.2. The van der Waals surface area contributed by atoms with Gasteiger partial charge in [-0.3, -0.25) is 4.79 Å². The first-order chi connectivity index (χ1) is 8.56. The molecule has 1 aromatic heterocycles. The standard InChI is InChI=1S/C12H9ClIN3O/c1-7-6-8(14)2-3-9(7)15-12(18)10-4-5-11(13)17-16-10/h2-6H,1H3,(H,15,18). The molecule has 0 aliphatic rings. The van der Waals surface area contributed by atoms with E-state index in [0.29, 0.717) is 0 Å². The molecule has 18 heavy (non-hydrogen) atoms. The molecule has 6 heteroatoms. The summed E-state index contributed by atoms with van der Waals surface area (Å²) in [5.41, 5.74) is 1.99. The molecular weight excluding hydrogens is 365 g/mol. The van der Waals surface area contributed by atoms with E-state index in [2.05, 4.69) is 38.1 Å². The van der Waals surface area contributed by atoms with E-state index in [-0.39, 0.29) is 16.8 Å². The molecule has 4 nitrogen and oxygen atoms in total. The van der Waals surface area contributed by atoms with Crippen molar-refractivity contribution in [1.82, 2.24) is 10.2 Å². The fourth-order valence-corrected chi connectivity index (χ4v) is 2.14. The van der Waals surface area contributed by atoms with E-state index < -0.39 is 0 Å². The van der Waals surface area contributed by atoms with Crippen molar-refractivity contribution in [3.8, 4) is 0 Å². The summed E-state index contributed by atoms with van der Waals surface area (Å²) in [6, 6.07) is 8.84. The predicted octanol–water partition coefficient (Wildman–Crippen LogP) is 3.30. The average molecular weight is 374 g/mol. The van der Waals surface area contributed by atoms with Crippen molar-refractivity contribution >= 4 is 45.8 Å². The Balaban J connectivity index is 2.18. The topological polar surface area (TPSA) is 54.9 Å². The van der Waals surface area contributed by atoms with E-state index in [1.165, 1.54) is 12.1 Å². The number of nitrogens with one attached hydrogen (secondary N) is 1. The van der Waals surface area contributed by atoms with Crippen LogP contribution in [-0.4, -0.2) is 16.1 Å². The first-order valence-corrected chi connectivity index (χ1v) is 6.58. The molecule has 0 fully saturated rings. The molecule has 0 atom stereocenters. The van der Waals surface area contributed by atoms with E-state index >= 15 is 0 Å². The molecule has 2 aromatic rings. The monoisotopic (exact) mass is 373 g/mol. The van der Waals surface area contributed by atoms with Crippen molar-refractivity contribution in [2.24, 2.45) is 0 Å². The number of carbonyl (C=O) groups excluding carboxylic acids is 1. The van der Waals surface area contributed by atoms with Gasteiger partial charge >= 0.3 is 0 Å². The van der Waals surface area contributed by atoms with Crippen LogP contribution in [0.4, 0.5) is 5.69 Å². The molecule has 92 valence electrons. The van der Waals surface area contributed by atoms with Crippen LogP contribution in [0, 0.1) is 10.5 Å². The quantitative estimate of drug-likeness (QED) is 0.822. The van der Waals surface area contributed by atoms with Crippen LogP contribution >= 0.6 is 34.2 Å². The number of hydrogen-bond acceptors (Lipinski definition) is 3. The Hall–Kier alpha value is -1.21. The molecule has 0 saturated heterocycles. The van der Waals surface area contributed by atoms with Crippen LogP contribution < -0.4 is 5.32 Å². The van der Waals surface area contributed by atoms with Gasteiger partial charge in [-0.25, -0.2) is 0 Å². The fraction of sp³-hybridized carbons (Fsp3) is 0.0833. The molecule has 0 bridgehead atoms. The number of rotatable bonds is 2. The molecule has 0 radical (unpaired) electrons. The lowest BCUT2D eigenvalue weighted by molar-refractivity contribution is 0.102. The van der Waals surface area contributed by atoms with Crippen LogP contribution in [-0.2, 0) is 0 Å². The highest BCUT2D eigenvalue weighted by Crippen LogP contribution is 2.18. The summed E-state index contributed by atoms with van der Waals surface area (Å²) in [7, 11) is 0. The lowest BCUT2D eigenvalue weighted by Crippen LogP contribution is -2.15. The molecule has 1 aromatic carbocycles. The van der Waals surface area contributed by atoms with Gasteiger partial charge in [-0.15, -0.1) is 10.2 Å². The summed E-state index contributed by atoms with van der Waals surface area (Å²) in [5, 5.41) is 10.4. The van der Waals surface area contributed by atoms with Gasteiger partial charge in [0.2, 0.25) is 0 Å². The molecule has 1 N–H and O–H groups in total. The zero-order valence-electron chi connectivity index (χ0n) is 9.45. The van der Waals surface area contributed by atoms with Crippen molar-refractivity contribution in [3.63, 3.8) is 0 Å². The Morgan fingerprint density at radius 1 is 1.28 bits per heavy atom. The van der Waals surface area contributed by atoms with Crippen LogP contribution in [0.3, 0.4) is 0 Å². The van der Waals surface area contributed by atoms with E-state index in [0.717, 1.165) is 14.8 Å². The lowest BCUT2D eigenvalue weighted by Gasteiger charge is -2.07. The van der Waals surface area contributed by atoms with E-state index in [4.69, 9.17) is 11.6 Å². The maximum absolute atomic E-state index is 11.9. The second-order valence-corrected chi connectivity index (χ2v) is 5.29.